The minimum absolute atomic E-state index is 0.108. The molecule has 3 rings (SSSR count). The first-order chi connectivity index (χ1) is 9.58. The molecule has 0 spiro atoms. The van der Waals surface area contributed by atoms with Crippen molar-refractivity contribution in [2.45, 2.75) is 39.7 Å². The highest BCUT2D eigenvalue weighted by molar-refractivity contribution is 7.13. The first-order valence-corrected chi connectivity index (χ1v) is 7.69. The molecule has 0 N–H and O–H groups in total. The second-order valence-corrected chi connectivity index (χ2v) is 6.59. The summed E-state index contributed by atoms with van der Waals surface area (Å²) in [5, 5.41) is 4.02. The van der Waals surface area contributed by atoms with Crippen LogP contribution in [-0.2, 0) is 0 Å². The van der Waals surface area contributed by atoms with Gasteiger partial charge in [-0.15, -0.1) is 11.3 Å². The number of amides is 1. The zero-order valence-corrected chi connectivity index (χ0v) is 12.8. The monoisotopic (exact) mass is 290 g/mol. The predicted octanol–water partition coefficient (Wildman–Crippen LogP) is 3.64. The number of aromatic nitrogens is 1. The average Bonchev–Trinajstić information content (AvgIpc) is 3.10. The summed E-state index contributed by atoms with van der Waals surface area (Å²) in [7, 11) is 0. The van der Waals surface area contributed by atoms with Crippen LogP contribution in [-0.4, -0.2) is 22.5 Å². The molecule has 1 aliphatic heterocycles. The lowest BCUT2D eigenvalue weighted by atomic mass is 10.0. The van der Waals surface area contributed by atoms with E-state index in [1.165, 1.54) is 4.88 Å². The number of rotatable bonds is 2. The van der Waals surface area contributed by atoms with Crippen molar-refractivity contribution in [2.24, 2.45) is 0 Å². The van der Waals surface area contributed by atoms with Gasteiger partial charge in [0.15, 0.2) is 0 Å². The van der Waals surface area contributed by atoms with Gasteiger partial charge in [-0.05, 0) is 45.7 Å². The fourth-order valence-electron chi connectivity index (χ4n) is 2.97. The van der Waals surface area contributed by atoms with E-state index in [-0.39, 0.29) is 11.9 Å². The molecular weight excluding hydrogens is 272 g/mol. The molecule has 2 aromatic rings. The summed E-state index contributed by atoms with van der Waals surface area (Å²) in [6, 6.07) is 4.03. The Labute approximate surface area is 122 Å². The summed E-state index contributed by atoms with van der Waals surface area (Å²) in [6.07, 6.45) is 2.02. The van der Waals surface area contributed by atoms with Gasteiger partial charge in [0.25, 0.3) is 5.91 Å². The van der Waals surface area contributed by atoms with E-state index in [4.69, 9.17) is 4.52 Å². The number of carbonyl (C=O) groups excluding carboxylic acids is 1. The second kappa shape index (κ2) is 5.05. The summed E-state index contributed by atoms with van der Waals surface area (Å²) in [6.45, 7) is 6.70. The van der Waals surface area contributed by atoms with Gasteiger partial charge in [0.1, 0.15) is 5.76 Å². The Balaban J connectivity index is 1.91. The molecule has 1 fully saturated rings. The summed E-state index contributed by atoms with van der Waals surface area (Å²) < 4.78 is 5.26. The summed E-state index contributed by atoms with van der Waals surface area (Å²) in [5.74, 6) is 0.958. The number of carbonyl (C=O) groups is 1. The molecule has 5 heteroatoms. The Morgan fingerprint density at radius 2 is 2.20 bits per heavy atom. The van der Waals surface area contributed by atoms with E-state index in [0.717, 1.165) is 41.3 Å². The summed E-state index contributed by atoms with van der Waals surface area (Å²) >= 11 is 1.56. The lowest BCUT2D eigenvalue weighted by Gasteiger charge is -2.24. The average molecular weight is 290 g/mol. The maximum absolute atomic E-state index is 12.7. The second-order valence-electron chi connectivity index (χ2n) is 5.30. The number of nitrogens with zero attached hydrogens (tertiary/aromatic N) is 2. The SMILES string of the molecule is Cc1ccc(C(=O)N2CCC[C@H]2c2c(C)noc2C)s1. The molecule has 0 aliphatic carbocycles. The van der Waals surface area contributed by atoms with Crippen molar-refractivity contribution < 1.29 is 9.32 Å². The van der Waals surface area contributed by atoms with Crippen molar-refractivity contribution in [1.82, 2.24) is 10.1 Å². The van der Waals surface area contributed by atoms with Crippen molar-refractivity contribution in [2.75, 3.05) is 6.54 Å². The largest absolute Gasteiger partial charge is 0.361 e. The van der Waals surface area contributed by atoms with Crippen LogP contribution in [0.1, 0.15) is 50.4 Å². The maximum atomic E-state index is 12.7. The van der Waals surface area contributed by atoms with Crippen LogP contribution < -0.4 is 0 Å². The smallest absolute Gasteiger partial charge is 0.264 e. The summed E-state index contributed by atoms with van der Waals surface area (Å²) in [5.41, 5.74) is 1.98. The Bertz CT molecular complexity index is 625. The molecule has 1 amide bonds. The van der Waals surface area contributed by atoms with Crippen LogP contribution in [0.2, 0.25) is 0 Å². The van der Waals surface area contributed by atoms with Gasteiger partial charge in [0.05, 0.1) is 16.6 Å². The van der Waals surface area contributed by atoms with Gasteiger partial charge in [-0.2, -0.15) is 0 Å². The van der Waals surface area contributed by atoms with Crippen LogP contribution in [0.25, 0.3) is 0 Å². The molecule has 2 aromatic heterocycles. The molecule has 0 saturated carbocycles. The molecule has 1 saturated heterocycles. The Hall–Kier alpha value is -1.62. The van der Waals surface area contributed by atoms with Gasteiger partial charge >= 0.3 is 0 Å². The minimum Gasteiger partial charge on any atom is -0.361 e. The molecule has 4 nitrogen and oxygen atoms in total. The highest BCUT2D eigenvalue weighted by atomic mass is 32.1. The molecular formula is C15H18N2O2S. The third kappa shape index (κ3) is 2.16. The molecule has 106 valence electrons. The minimum atomic E-state index is 0.108. The van der Waals surface area contributed by atoms with E-state index < -0.39 is 0 Å². The molecule has 0 radical (unpaired) electrons. The normalized spacial score (nSPS) is 18.8. The van der Waals surface area contributed by atoms with Crippen LogP contribution in [0.15, 0.2) is 16.7 Å². The van der Waals surface area contributed by atoms with Crippen LogP contribution in [0, 0.1) is 20.8 Å². The third-order valence-electron chi connectivity index (χ3n) is 3.89. The fourth-order valence-corrected chi connectivity index (χ4v) is 3.79. The van der Waals surface area contributed by atoms with Crippen molar-refractivity contribution >= 4 is 17.2 Å². The van der Waals surface area contributed by atoms with Crippen molar-refractivity contribution in [3.8, 4) is 0 Å². The van der Waals surface area contributed by atoms with Crippen molar-refractivity contribution in [3.05, 3.63) is 38.9 Å². The number of likely N-dealkylation sites (tertiary alicyclic amines) is 1. The van der Waals surface area contributed by atoms with Crippen LogP contribution >= 0.6 is 11.3 Å². The van der Waals surface area contributed by atoms with E-state index in [1.54, 1.807) is 11.3 Å². The van der Waals surface area contributed by atoms with E-state index in [1.807, 2.05) is 37.8 Å². The highest BCUT2D eigenvalue weighted by Crippen LogP contribution is 2.37. The highest BCUT2D eigenvalue weighted by Gasteiger charge is 2.34. The Morgan fingerprint density at radius 1 is 1.40 bits per heavy atom. The van der Waals surface area contributed by atoms with Gasteiger partial charge in [-0.3, -0.25) is 4.79 Å². The van der Waals surface area contributed by atoms with Gasteiger partial charge in [0, 0.05) is 17.0 Å². The first kappa shape index (κ1) is 13.4. The number of hydrogen-bond acceptors (Lipinski definition) is 4. The van der Waals surface area contributed by atoms with E-state index >= 15 is 0 Å². The zero-order chi connectivity index (χ0) is 14.3. The molecule has 1 aliphatic rings. The molecule has 0 bridgehead atoms. The van der Waals surface area contributed by atoms with Crippen LogP contribution in [0.4, 0.5) is 0 Å². The lowest BCUT2D eigenvalue weighted by Crippen LogP contribution is -2.30. The standard InChI is InChI=1S/C15H18N2O2S/c1-9-6-7-13(20-9)15(18)17-8-4-5-12(17)14-10(2)16-19-11(14)3/h6-7,12H,4-5,8H2,1-3H3/t12-/m0/s1. The molecule has 0 unspecified atom stereocenters. The Morgan fingerprint density at radius 3 is 2.80 bits per heavy atom. The maximum Gasteiger partial charge on any atom is 0.264 e. The zero-order valence-electron chi connectivity index (χ0n) is 12.0. The van der Waals surface area contributed by atoms with Crippen molar-refractivity contribution in [3.63, 3.8) is 0 Å². The topological polar surface area (TPSA) is 46.3 Å². The molecule has 20 heavy (non-hydrogen) atoms. The summed E-state index contributed by atoms with van der Waals surface area (Å²) in [4.78, 5) is 16.6. The van der Waals surface area contributed by atoms with Crippen molar-refractivity contribution in [1.29, 1.82) is 0 Å². The lowest BCUT2D eigenvalue weighted by molar-refractivity contribution is 0.0739. The van der Waals surface area contributed by atoms with Gasteiger partial charge in [0.2, 0.25) is 0 Å². The molecule has 0 aromatic carbocycles. The quantitative estimate of drug-likeness (QED) is 0.848. The van der Waals surface area contributed by atoms with E-state index in [0.29, 0.717) is 0 Å². The predicted molar refractivity (Wildman–Crippen MR) is 78.0 cm³/mol. The third-order valence-corrected chi connectivity index (χ3v) is 4.88. The Kier molecular flexibility index (Phi) is 3.38. The first-order valence-electron chi connectivity index (χ1n) is 6.88. The fraction of sp³-hybridized carbons (Fsp3) is 0.467. The number of thiophene rings is 1. The van der Waals surface area contributed by atoms with Crippen LogP contribution in [0.3, 0.4) is 0 Å². The molecule has 1 atom stereocenters. The van der Waals surface area contributed by atoms with Gasteiger partial charge in [-0.1, -0.05) is 5.16 Å². The number of hydrogen-bond donors (Lipinski definition) is 0. The molecule has 3 heterocycles. The van der Waals surface area contributed by atoms with Gasteiger partial charge in [-0.25, -0.2) is 0 Å². The van der Waals surface area contributed by atoms with E-state index in [2.05, 4.69) is 5.16 Å². The van der Waals surface area contributed by atoms with Crippen LogP contribution in [0.5, 0.6) is 0 Å². The van der Waals surface area contributed by atoms with E-state index in [9.17, 15) is 4.79 Å². The number of aryl methyl sites for hydroxylation is 3. The van der Waals surface area contributed by atoms with Gasteiger partial charge < -0.3 is 9.42 Å².